The fourth-order valence-electron chi connectivity index (χ4n) is 2.05. The molecule has 2 atom stereocenters. The van der Waals surface area contributed by atoms with Crippen LogP contribution in [0.4, 0.5) is 0 Å². The SMILES string of the molecule is CCCCC(=O)N1CCC(N)CC1C. The van der Waals surface area contributed by atoms with Gasteiger partial charge in [0.2, 0.25) is 5.91 Å². The molecule has 1 rings (SSSR count). The van der Waals surface area contributed by atoms with Gasteiger partial charge in [0.1, 0.15) is 0 Å². The first-order valence-electron chi connectivity index (χ1n) is 5.70. The normalized spacial score (nSPS) is 27.8. The van der Waals surface area contributed by atoms with Gasteiger partial charge in [-0.15, -0.1) is 0 Å². The number of nitrogens with zero attached hydrogens (tertiary/aromatic N) is 1. The van der Waals surface area contributed by atoms with Crippen LogP contribution in [-0.2, 0) is 4.79 Å². The third-order valence-electron chi connectivity index (χ3n) is 2.98. The van der Waals surface area contributed by atoms with Gasteiger partial charge in [-0.2, -0.15) is 0 Å². The molecule has 82 valence electrons. The molecular weight excluding hydrogens is 176 g/mol. The van der Waals surface area contributed by atoms with E-state index in [4.69, 9.17) is 5.73 Å². The van der Waals surface area contributed by atoms with Gasteiger partial charge in [-0.05, 0) is 26.2 Å². The minimum Gasteiger partial charge on any atom is -0.340 e. The smallest absolute Gasteiger partial charge is 0.222 e. The second kappa shape index (κ2) is 5.35. The summed E-state index contributed by atoms with van der Waals surface area (Å²) in [5, 5.41) is 0. The predicted octanol–water partition coefficient (Wildman–Crippen LogP) is 1.51. The van der Waals surface area contributed by atoms with Crippen molar-refractivity contribution >= 4 is 5.91 Å². The zero-order valence-electron chi connectivity index (χ0n) is 9.33. The van der Waals surface area contributed by atoms with Crippen molar-refractivity contribution in [2.75, 3.05) is 6.54 Å². The van der Waals surface area contributed by atoms with E-state index >= 15 is 0 Å². The van der Waals surface area contributed by atoms with Crippen molar-refractivity contribution in [3.05, 3.63) is 0 Å². The Hall–Kier alpha value is -0.570. The van der Waals surface area contributed by atoms with Gasteiger partial charge in [0.15, 0.2) is 0 Å². The average molecular weight is 198 g/mol. The molecule has 1 heterocycles. The standard InChI is InChI=1S/C11H22N2O/c1-3-4-5-11(14)13-7-6-10(12)8-9(13)2/h9-10H,3-8,12H2,1-2H3. The van der Waals surface area contributed by atoms with Crippen molar-refractivity contribution in [2.24, 2.45) is 5.73 Å². The van der Waals surface area contributed by atoms with Gasteiger partial charge in [0.25, 0.3) is 0 Å². The summed E-state index contributed by atoms with van der Waals surface area (Å²) >= 11 is 0. The van der Waals surface area contributed by atoms with Crippen molar-refractivity contribution in [1.29, 1.82) is 0 Å². The van der Waals surface area contributed by atoms with Crippen LogP contribution in [0.2, 0.25) is 0 Å². The lowest BCUT2D eigenvalue weighted by atomic mass is 9.98. The Morgan fingerprint density at radius 2 is 2.29 bits per heavy atom. The molecule has 0 saturated carbocycles. The summed E-state index contributed by atoms with van der Waals surface area (Å²) in [5.74, 6) is 0.311. The van der Waals surface area contributed by atoms with E-state index in [0.29, 0.717) is 24.4 Å². The van der Waals surface area contributed by atoms with Crippen LogP contribution in [0.25, 0.3) is 0 Å². The van der Waals surface area contributed by atoms with Crippen LogP contribution in [0.1, 0.15) is 46.0 Å². The fraction of sp³-hybridized carbons (Fsp3) is 0.909. The minimum atomic E-state index is 0.292. The Kier molecular flexibility index (Phi) is 4.39. The molecule has 0 aromatic rings. The fourth-order valence-corrected chi connectivity index (χ4v) is 2.05. The summed E-state index contributed by atoms with van der Waals surface area (Å²) in [7, 11) is 0. The first-order valence-corrected chi connectivity index (χ1v) is 5.70. The molecule has 0 bridgehead atoms. The van der Waals surface area contributed by atoms with Crippen LogP contribution in [0, 0.1) is 0 Å². The second-order valence-corrected chi connectivity index (χ2v) is 4.32. The predicted molar refractivity (Wildman–Crippen MR) is 57.9 cm³/mol. The summed E-state index contributed by atoms with van der Waals surface area (Å²) in [4.78, 5) is 13.8. The van der Waals surface area contributed by atoms with E-state index in [-0.39, 0.29) is 0 Å². The summed E-state index contributed by atoms with van der Waals surface area (Å²) in [5.41, 5.74) is 5.85. The summed E-state index contributed by atoms with van der Waals surface area (Å²) in [6.45, 7) is 5.07. The van der Waals surface area contributed by atoms with Crippen molar-refractivity contribution in [1.82, 2.24) is 4.90 Å². The van der Waals surface area contributed by atoms with Gasteiger partial charge >= 0.3 is 0 Å². The van der Waals surface area contributed by atoms with Crippen LogP contribution in [0.5, 0.6) is 0 Å². The van der Waals surface area contributed by atoms with Gasteiger partial charge in [0, 0.05) is 25.0 Å². The third-order valence-corrected chi connectivity index (χ3v) is 2.98. The van der Waals surface area contributed by atoms with E-state index in [1.54, 1.807) is 0 Å². The number of hydrogen-bond acceptors (Lipinski definition) is 2. The van der Waals surface area contributed by atoms with Gasteiger partial charge in [-0.3, -0.25) is 4.79 Å². The molecule has 1 aliphatic rings. The topological polar surface area (TPSA) is 46.3 Å². The van der Waals surface area contributed by atoms with E-state index in [0.717, 1.165) is 32.2 Å². The maximum atomic E-state index is 11.8. The van der Waals surface area contributed by atoms with E-state index < -0.39 is 0 Å². The van der Waals surface area contributed by atoms with Crippen molar-refractivity contribution in [3.63, 3.8) is 0 Å². The molecular formula is C11H22N2O. The monoisotopic (exact) mass is 198 g/mol. The highest BCUT2D eigenvalue weighted by atomic mass is 16.2. The molecule has 0 aliphatic carbocycles. The van der Waals surface area contributed by atoms with Crippen LogP contribution >= 0.6 is 0 Å². The lowest BCUT2D eigenvalue weighted by Crippen LogP contribution is -2.48. The lowest BCUT2D eigenvalue weighted by molar-refractivity contribution is -0.134. The molecule has 1 saturated heterocycles. The maximum Gasteiger partial charge on any atom is 0.222 e. The molecule has 2 unspecified atom stereocenters. The summed E-state index contributed by atoms with van der Waals surface area (Å²) < 4.78 is 0. The van der Waals surface area contributed by atoms with Crippen LogP contribution < -0.4 is 5.73 Å². The average Bonchev–Trinajstić information content (AvgIpc) is 2.14. The molecule has 1 fully saturated rings. The van der Waals surface area contributed by atoms with Gasteiger partial charge in [-0.25, -0.2) is 0 Å². The first kappa shape index (κ1) is 11.5. The van der Waals surface area contributed by atoms with Crippen LogP contribution in [0.15, 0.2) is 0 Å². The molecule has 0 aromatic heterocycles. The largest absolute Gasteiger partial charge is 0.340 e. The van der Waals surface area contributed by atoms with Gasteiger partial charge < -0.3 is 10.6 Å². The Bertz CT molecular complexity index is 194. The number of rotatable bonds is 3. The van der Waals surface area contributed by atoms with Gasteiger partial charge in [-0.1, -0.05) is 13.3 Å². The molecule has 0 spiro atoms. The van der Waals surface area contributed by atoms with Crippen molar-refractivity contribution in [2.45, 2.75) is 58.0 Å². The zero-order valence-corrected chi connectivity index (χ0v) is 9.33. The van der Waals surface area contributed by atoms with Gasteiger partial charge in [0.05, 0.1) is 0 Å². The Labute approximate surface area is 86.6 Å². The Morgan fingerprint density at radius 3 is 2.86 bits per heavy atom. The van der Waals surface area contributed by atoms with E-state index in [2.05, 4.69) is 13.8 Å². The third kappa shape index (κ3) is 2.98. The van der Waals surface area contributed by atoms with Crippen LogP contribution in [0.3, 0.4) is 0 Å². The highest BCUT2D eigenvalue weighted by Gasteiger charge is 2.26. The van der Waals surface area contributed by atoms with Crippen molar-refractivity contribution in [3.8, 4) is 0 Å². The van der Waals surface area contributed by atoms with E-state index in [1.807, 2.05) is 4.90 Å². The molecule has 3 nitrogen and oxygen atoms in total. The van der Waals surface area contributed by atoms with Crippen molar-refractivity contribution < 1.29 is 4.79 Å². The number of unbranched alkanes of at least 4 members (excludes halogenated alkanes) is 1. The molecule has 1 amide bonds. The van der Waals surface area contributed by atoms with E-state index in [9.17, 15) is 4.79 Å². The molecule has 14 heavy (non-hydrogen) atoms. The molecule has 3 heteroatoms. The molecule has 2 N–H and O–H groups in total. The second-order valence-electron chi connectivity index (χ2n) is 4.32. The highest BCUT2D eigenvalue weighted by Crippen LogP contribution is 2.17. The molecule has 1 aliphatic heterocycles. The van der Waals surface area contributed by atoms with Crippen LogP contribution in [-0.4, -0.2) is 29.4 Å². The quantitative estimate of drug-likeness (QED) is 0.747. The number of hydrogen-bond donors (Lipinski definition) is 1. The minimum absolute atomic E-state index is 0.292. The number of nitrogens with two attached hydrogens (primary N) is 1. The number of carbonyl (C=O) groups excluding carboxylic acids is 1. The number of piperidine rings is 1. The molecule has 0 radical (unpaired) electrons. The summed E-state index contributed by atoms with van der Waals surface area (Å²) in [6, 6.07) is 0.628. The maximum absolute atomic E-state index is 11.8. The molecule has 0 aromatic carbocycles. The highest BCUT2D eigenvalue weighted by molar-refractivity contribution is 5.76. The summed E-state index contributed by atoms with van der Waals surface area (Å²) in [6.07, 6.45) is 4.72. The first-order chi connectivity index (χ1) is 6.65. The number of amides is 1. The number of carbonyl (C=O) groups is 1. The number of likely N-dealkylation sites (tertiary alicyclic amines) is 1. The Morgan fingerprint density at radius 1 is 1.57 bits per heavy atom. The Balaban J connectivity index is 2.39. The van der Waals surface area contributed by atoms with E-state index in [1.165, 1.54) is 0 Å². The lowest BCUT2D eigenvalue weighted by Gasteiger charge is -2.36. The zero-order chi connectivity index (χ0) is 10.6.